The van der Waals surface area contributed by atoms with Gasteiger partial charge in [0.05, 0.1) is 31.7 Å². The van der Waals surface area contributed by atoms with Crippen molar-refractivity contribution in [2.75, 3.05) is 5.32 Å². The largest absolute Gasteiger partial charge is 0.392 e. The maximum atomic E-state index is 13.3. The van der Waals surface area contributed by atoms with Crippen LogP contribution in [0.5, 0.6) is 0 Å². The van der Waals surface area contributed by atoms with Gasteiger partial charge in [-0.1, -0.05) is 66.5 Å². The fraction of sp³-hybridized carbons (Fsp3) is 0.515. The molecule has 5 aliphatic rings. The van der Waals surface area contributed by atoms with Crippen molar-refractivity contribution in [1.82, 2.24) is 14.9 Å². The van der Waals surface area contributed by atoms with Crippen molar-refractivity contribution >= 4 is 34.9 Å². The van der Waals surface area contributed by atoms with Crippen LogP contribution in [-0.2, 0) is 22.6 Å². The Labute approximate surface area is 262 Å². The first-order chi connectivity index (χ1) is 20.8. The summed E-state index contributed by atoms with van der Waals surface area (Å²) in [4.78, 5) is 17.4. The molecule has 1 aliphatic heterocycles. The topological polar surface area (TPSA) is 97.6 Å². The first-order valence-corrected chi connectivity index (χ1v) is 16.1. The average molecular weight is 626 g/mol. The second kappa shape index (κ2) is 11.7. The number of ether oxygens (including phenoxy) is 2. The zero-order chi connectivity index (χ0) is 29.7. The van der Waals surface area contributed by atoms with E-state index < -0.39 is 6.29 Å². The number of imidazole rings is 1. The molecule has 4 aliphatic carbocycles. The van der Waals surface area contributed by atoms with Gasteiger partial charge in [0.15, 0.2) is 11.4 Å². The Bertz CT molecular complexity index is 1440. The number of carbonyl (C=O) groups excluding carboxylic acids is 1. The molecule has 0 radical (unpaired) electrons. The van der Waals surface area contributed by atoms with E-state index in [9.17, 15) is 9.90 Å². The lowest BCUT2D eigenvalue weighted by Crippen LogP contribution is -2.60. The molecule has 0 unspecified atom stereocenters. The summed E-state index contributed by atoms with van der Waals surface area (Å²) < 4.78 is 14.9. The molecule has 4 saturated carbocycles. The van der Waals surface area contributed by atoms with Crippen molar-refractivity contribution in [3.8, 4) is 0 Å². The molecule has 4 bridgehead atoms. The van der Waals surface area contributed by atoms with E-state index in [-0.39, 0.29) is 41.5 Å². The minimum absolute atomic E-state index is 0.0220. The number of amides is 2. The van der Waals surface area contributed by atoms with Gasteiger partial charge < -0.3 is 29.8 Å². The fourth-order valence-corrected chi connectivity index (χ4v) is 8.74. The van der Waals surface area contributed by atoms with Gasteiger partial charge in [0, 0.05) is 22.7 Å². The van der Waals surface area contributed by atoms with Crippen LogP contribution in [0.25, 0.3) is 0 Å². The highest BCUT2D eigenvalue weighted by molar-refractivity contribution is 6.40. The zero-order valence-corrected chi connectivity index (χ0v) is 25.7. The van der Waals surface area contributed by atoms with Crippen LogP contribution in [0.2, 0.25) is 10.3 Å². The van der Waals surface area contributed by atoms with Gasteiger partial charge in [-0.3, -0.25) is 0 Å². The third kappa shape index (κ3) is 5.92. The molecule has 2 aromatic carbocycles. The quantitative estimate of drug-likeness (QED) is 0.257. The number of aliphatic hydroxyl groups is 1. The molecule has 4 atom stereocenters. The van der Waals surface area contributed by atoms with E-state index in [1.807, 2.05) is 48.5 Å². The number of nitrogens with zero attached hydrogens (tertiary/aromatic N) is 2. The van der Waals surface area contributed by atoms with E-state index in [1.165, 1.54) is 19.3 Å². The molecule has 8 nitrogen and oxygen atoms in total. The predicted molar refractivity (Wildman–Crippen MR) is 165 cm³/mol. The van der Waals surface area contributed by atoms with E-state index in [0.29, 0.717) is 17.4 Å². The van der Waals surface area contributed by atoms with Crippen LogP contribution >= 0.6 is 23.2 Å². The summed E-state index contributed by atoms with van der Waals surface area (Å²) >= 11 is 12.5. The standard InChI is InChI=1S/C33H38Cl2N4O4/c1-19-27(16-39-18-36-29(34)30(39)35)42-31(43-28(19)24-7-5-20(17-40)6-8-24)25-3-2-4-26(12-25)37-32(41)38-33-13-21-9-22(14-33)11-23(10-21)15-33/h2-8,12,18-19,21-23,27-28,31,40H,9-11,13-17H2,1H3,(H2,37,38,41)/t19-,21?,22?,23?,27+,28+,31+,33?/m1/s1. The number of urea groups is 1. The number of halogens is 2. The Hall–Kier alpha value is -2.62. The highest BCUT2D eigenvalue weighted by Gasteiger charge is 2.51. The first kappa shape index (κ1) is 29.1. The van der Waals surface area contributed by atoms with Crippen LogP contribution in [0.3, 0.4) is 0 Å². The number of carbonyl (C=O) groups is 1. The minimum atomic E-state index is -0.686. The summed E-state index contributed by atoms with van der Waals surface area (Å²) in [6, 6.07) is 15.3. The third-order valence-corrected chi connectivity index (χ3v) is 10.8. The SMILES string of the molecule is C[C@@H]1[C@H](Cn2cnc(Cl)c2Cl)O[C@H](c2cccc(NC(=O)NC34CC5CC(CC(C5)C3)C4)c2)O[C@@H]1c1ccc(CO)cc1. The van der Waals surface area contributed by atoms with Gasteiger partial charge in [0.25, 0.3) is 0 Å². The summed E-state index contributed by atoms with van der Waals surface area (Å²) in [5, 5.41) is 16.6. The Morgan fingerprint density at radius 1 is 1.02 bits per heavy atom. The molecule has 2 heterocycles. The molecule has 3 N–H and O–H groups in total. The number of aromatic nitrogens is 2. The average Bonchev–Trinajstić information content (AvgIpc) is 3.29. The van der Waals surface area contributed by atoms with Crippen LogP contribution in [0, 0.1) is 23.7 Å². The van der Waals surface area contributed by atoms with E-state index in [2.05, 4.69) is 22.5 Å². The summed E-state index contributed by atoms with van der Waals surface area (Å²) in [6.07, 6.45) is 7.66. The van der Waals surface area contributed by atoms with Gasteiger partial charge in [-0.05, 0) is 79.5 Å². The molecular formula is C33H38Cl2N4O4. The summed E-state index contributed by atoms with van der Waals surface area (Å²) in [6.45, 7) is 2.51. The van der Waals surface area contributed by atoms with Crippen LogP contribution < -0.4 is 10.6 Å². The van der Waals surface area contributed by atoms with Crippen LogP contribution in [0.1, 0.15) is 74.5 Å². The first-order valence-electron chi connectivity index (χ1n) is 15.3. The maximum absolute atomic E-state index is 13.3. The summed E-state index contributed by atoms with van der Waals surface area (Å²) in [5.74, 6) is 2.23. The Morgan fingerprint density at radius 2 is 1.72 bits per heavy atom. The number of rotatable bonds is 7. The predicted octanol–water partition coefficient (Wildman–Crippen LogP) is 7.26. The van der Waals surface area contributed by atoms with Crippen molar-refractivity contribution in [3.63, 3.8) is 0 Å². The number of nitrogens with one attached hydrogen (secondary N) is 2. The molecule has 3 aromatic rings. The van der Waals surface area contributed by atoms with Crippen molar-refractivity contribution in [2.45, 2.75) is 82.6 Å². The van der Waals surface area contributed by atoms with Gasteiger partial charge in [0.1, 0.15) is 5.15 Å². The van der Waals surface area contributed by atoms with Gasteiger partial charge >= 0.3 is 6.03 Å². The number of benzene rings is 2. The normalized spacial score (nSPS) is 33.0. The molecular weight excluding hydrogens is 587 g/mol. The monoisotopic (exact) mass is 624 g/mol. The highest BCUT2D eigenvalue weighted by atomic mass is 35.5. The van der Waals surface area contributed by atoms with Crippen molar-refractivity contribution in [1.29, 1.82) is 0 Å². The number of hydrogen-bond acceptors (Lipinski definition) is 5. The molecule has 2 amide bonds. The lowest BCUT2D eigenvalue weighted by Gasteiger charge is -2.56. The van der Waals surface area contributed by atoms with E-state index in [1.54, 1.807) is 10.9 Å². The van der Waals surface area contributed by atoms with E-state index >= 15 is 0 Å². The van der Waals surface area contributed by atoms with Crippen LogP contribution in [-0.4, -0.2) is 32.3 Å². The molecule has 8 rings (SSSR count). The number of aliphatic hydroxyl groups excluding tert-OH is 1. The second-order valence-electron chi connectivity index (χ2n) is 13.2. The Kier molecular flexibility index (Phi) is 7.93. The third-order valence-electron chi connectivity index (χ3n) is 10.1. The molecule has 5 fully saturated rings. The van der Waals surface area contributed by atoms with Crippen LogP contribution in [0.4, 0.5) is 10.5 Å². The second-order valence-corrected chi connectivity index (χ2v) is 13.9. The summed E-state index contributed by atoms with van der Waals surface area (Å²) in [5.41, 5.74) is 3.25. The maximum Gasteiger partial charge on any atom is 0.319 e. The molecule has 228 valence electrons. The van der Waals surface area contributed by atoms with E-state index in [4.69, 9.17) is 32.7 Å². The number of anilines is 1. The van der Waals surface area contributed by atoms with Crippen molar-refractivity contribution in [2.24, 2.45) is 23.7 Å². The van der Waals surface area contributed by atoms with Crippen molar-refractivity contribution in [3.05, 3.63) is 81.9 Å². The van der Waals surface area contributed by atoms with Crippen molar-refractivity contribution < 1.29 is 19.4 Å². The molecule has 1 saturated heterocycles. The number of hydrogen-bond donors (Lipinski definition) is 3. The van der Waals surface area contributed by atoms with Gasteiger partial charge in [0.2, 0.25) is 0 Å². The molecule has 0 spiro atoms. The van der Waals surface area contributed by atoms with Gasteiger partial charge in [-0.25, -0.2) is 9.78 Å². The zero-order valence-electron chi connectivity index (χ0n) is 24.2. The van der Waals surface area contributed by atoms with Gasteiger partial charge in [-0.15, -0.1) is 0 Å². The lowest BCUT2D eigenvalue weighted by molar-refractivity contribution is -0.276. The summed E-state index contributed by atoms with van der Waals surface area (Å²) in [7, 11) is 0. The molecule has 1 aromatic heterocycles. The molecule has 10 heteroatoms. The highest BCUT2D eigenvalue weighted by Crippen LogP contribution is 2.55. The minimum Gasteiger partial charge on any atom is -0.392 e. The van der Waals surface area contributed by atoms with Crippen LogP contribution in [0.15, 0.2) is 54.9 Å². The van der Waals surface area contributed by atoms with Gasteiger partial charge in [-0.2, -0.15) is 0 Å². The fourth-order valence-electron chi connectivity index (χ4n) is 8.42. The Morgan fingerprint density at radius 3 is 2.35 bits per heavy atom. The molecule has 43 heavy (non-hydrogen) atoms. The lowest BCUT2D eigenvalue weighted by atomic mass is 9.53. The Balaban J connectivity index is 1.10. The smallest absolute Gasteiger partial charge is 0.319 e. The van der Waals surface area contributed by atoms with E-state index in [0.717, 1.165) is 53.7 Å².